The number of hydrogen-bond acceptors (Lipinski definition) is 4. The molecule has 28 heavy (non-hydrogen) atoms. The van der Waals surface area contributed by atoms with Crippen molar-refractivity contribution in [3.63, 3.8) is 0 Å². The molecule has 0 aliphatic rings. The highest BCUT2D eigenvalue weighted by Gasteiger charge is 2.18. The van der Waals surface area contributed by atoms with E-state index in [1.807, 2.05) is 32.0 Å². The number of benzene rings is 2. The van der Waals surface area contributed by atoms with Crippen LogP contribution in [0.25, 0.3) is 21.3 Å². The molecule has 0 aliphatic carbocycles. The number of aryl methyl sites for hydroxylation is 2. The van der Waals surface area contributed by atoms with Crippen LogP contribution in [-0.2, 0) is 6.42 Å². The minimum absolute atomic E-state index is 0.204. The van der Waals surface area contributed by atoms with Gasteiger partial charge in [0.2, 0.25) is 0 Å². The summed E-state index contributed by atoms with van der Waals surface area (Å²) in [7, 11) is 1.64. The SMILES string of the molecule is COc1ccc(-c2c(C)sc3nc(Cc4ccccc4F)[nH]c(=O)c23)cc1C. The summed E-state index contributed by atoms with van der Waals surface area (Å²) in [6.07, 6.45) is 0.242. The molecule has 0 amide bonds. The van der Waals surface area contributed by atoms with Gasteiger partial charge < -0.3 is 9.72 Å². The van der Waals surface area contributed by atoms with Crippen LogP contribution >= 0.6 is 11.3 Å². The number of fused-ring (bicyclic) bond motifs is 1. The van der Waals surface area contributed by atoms with E-state index in [9.17, 15) is 9.18 Å². The van der Waals surface area contributed by atoms with E-state index >= 15 is 0 Å². The Labute approximate surface area is 165 Å². The first-order valence-corrected chi connectivity index (χ1v) is 9.70. The van der Waals surface area contributed by atoms with E-state index in [2.05, 4.69) is 9.97 Å². The van der Waals surface area contributed by atoms with E-state index in [4.69, 9.17) is 4.74 Å². The number of methoxy groups -OCH3 is 1. The minimum Gasteiger partial charge on any atom is -0.496 e. The molecule has 0 spiro atoms. The molecule has 2 aromatic carbocycles. The van der Waals surface area contributed by atoms with Crippen molar-refractivity contribution in [1.29, 1.82) is 0 Å². The number of aromatic nitrogens is 2. The standard InChI is InChI=1S/C22H19FN2O2S/c1-12-10-15(8-9-17(12)27-3)19-13(2)28-22-20(19)21(26)24-18(25-22)11-14-6-4-5-7-16(14)23/h4-10H,11H2,1-3H3,(H,24,25,26). The maximum absolute atomic E-state index is 14.0. The summed E-state index contributed by atoms with van der Waals surface area (Å²) < 4.78 is 19.3. The predicted molar refractivity (Wildman–Crippen MR) is 111 cm³/mol. The number of rotatable bonds is 4. The second-order valence-electron chi connectivity index (χ2n) is 6.68. The third kappa shape index (κ3) is 3.20. The molecule has 0 saturated heterocycles. The Hall–Kier alpha value is -2.99. The number of H-pyrrole nitrogens is 1. The van der Waals surface area contributed by atoms with Gasteiger partial charge in [0.15, 0.2) is 0 Å². The van der Waals surface area contributed by atoms with Gasteiger partial charge in [-0.1, -0.05) is 24.3 Å². The smallest absolute Gasteiger partial charge is 0.260 e. The van der Waals surface area contributed by atoms with Crippen molar-refractivity contribution in [3.05, 3.63) is 80.5 Å². The molecule has 4 rings (SSSR count). The molecule has 142 valence electrons. The number of hydrogen-bond donors (Lipinski definition) is 1. The van der Waals surface area contributed by atoms with Gasteiger partial charge in [-0.3, -0.25) is 4.79 Å². The van der Waals surface area contributed by atoms with Gasteiger partial charge in [-0.15, -0.1) is 11.3 Å². The molecule has 0 saturated carbocycles. The first-order chi connectivity index (χ1) is 13.5. The van der Waals surface area contributed by atoms with Crippen LogP contribution in [0.15, 0.2) is 47.3 Å². The first kappa shape index (κ1) is 18.4. The Balaban J connectivity index is 1.83. The van der Waals surface area contributed by atoms with Crippen molar-refractivity contribution >= 4 is 21.6 Å². The zero-order valence-corrected chi connectivity index (χ0v) is 16.6. The zero-order valence-electron chi connectivity index (χ0n) is 15.8. The highest BCUT2D eigenvalue weighted by atomic mass is 32.1. The summed E-state index contributed by atoms with van der Waals surface area (Å²) in [5.74, 6) is 0.962. The number of ether oxygens (including phenoxy) is 1. The van der Waals surface area contributed by atoms with Crippen molar-refractivity contribution in [1.82, 2.24) is 9.97 Å². The van der Waals surface area contributed by atoms with Crippen LogP contribution in [0, 0.1) is 19.7 Å². The fraction of sp³-hybridized carbons (Fsp3) is 0.182. The number of nitrogens with zero attached hydrogens (tertiary/aromatic N) is 1. The fourth-order valence-corrected chi connectivity index (χ4v) is 4.52. The van der Waals surface area contributed by atoms with Crippen molar-refractivity contribution in [2.24, 2.45) is 0 Å². The van der Waals surface area contributed by atoms with Gasteiger partial charge in [-0.2, -0.15) is 0 Å². The lowest BCUT2D eigenvalue weighted by Crippen LogP contribution is -2.12. The summed E-state index contributed by atoms with van der Waals surface area (Å²) in [6, 6.07) is 12.4. The van der Waals surface area contributed by atoms with Gasteiger partial charge in [0.1, 0.15) is 22.2 Å². The average molecular weight is 394 g/mol. The largest absolute Gasteiger partial charge is 0.496 e. The summed E-state index contributed by atoms with van der Waals surface area (Å²) in [4.78, 5) is 22.0. The molecule has 0 unspecified atom stereocenters. The second-order valence-corrected chi connectivity index (χ2v) is 7.88. The number of nitrogens with one attached hydrogen (secondary N) is 1. The zero-order chi connectivity index (χ0) is 19.8. The predicted octanol–water partition coefficient (Wildman–Crippen LogP) is 5.01. The maximum Gasteiger partial charge on any atom is 0.260 e. The normalized spacial score (nSPS) is 11.1. The fourth-order valence-electron chi connectivity index (χ4n) is 3.45. The Kier molecular flexibility index (Phi) is 4.73. The quantitative estimate of drug-likeness (QED) is 0.530. The third-order valence-electron chi connectivity index (χ3n) is 4.79. The Morgan fingerprint density at radius 1 is 1.18 bits per heavy atom. The summed E-state index contributed by atoms with van der Waals surface area (Å²) in [5, 5.41) is 0.573. The van der Waals surface area contributed by atoms with Gasteiger partial charge in [0.25, 0.3) is 5.56 Å². The van der Waals surface area contributed by atoms with Crippen molar-refractivity contribution in [2.75, 3.05) is 7.11 Å². The highest BCUT2D eigenvalue weighted by Crippen LogP contribution is 2.37. The topological polar surface area (TPSA) is 55.0 Å². The molecule has 0 atom stereocenters. The van der Waals surface area contributed by atoms with E-state index in [-0.39, 0.29) is 17.8 Å². The third-order valence-corrected chi connectivity index (χ3v) is 5.79. The number of halogens is 1. The molecule has 4 aromatic rings. The molecule has 0 aliphatic heterocycles. The molecule has 0 bridgehead atoms. The van der Waals surface area contributed by atoms with E-state index in [0.29, 0.717) is 21.6 Å². The van der Waals surface area contributed by atoms with Crippen LogP contribution in [0.1, 0.15) is 21.8 Å². The van der Waals surface area contributed by atoms with Crippen LogP contribution in [0.4, 0.5) is 4.39 Å². The van der Waals surface area contributed by atoms with Gasteiger partial charge in [0, 0.05) is 16.9 Å². The van der Waals surface area contributed by atoms with E-state index in [1.54, 1.807) is 25.3 Å². The van der Waals surface area contributed by atoms with Gasteiger partial charge in [-0.05, 0) is 48.7 Å². The molecular formula is C22H19FN2O2S. The summed E-state index contributed by atoms with van der Waals surface area (Å²) in [5.41, 5.74) is 3.14. The lowest BCUT2D eigenvalue weighted by atomic mass is 10.0. The van der Waals surface area contributed by atoms with Crippen molar-refractivity contribution in [3.8, 4) is 16.9 Å². The van der Waals surface area contributed by atoms with Gasteiger partial charge >= 0.3 is 0 Å². The Bertz CT molecular complexity index is 1240. The molecular weight excluding hydrogens is 375 g/mol. The van der Waals surface area contributed by atoms with Gasteiger partial charge in [0.05, 0.1) is 12.5 Å². The molecule has 0 fully saturated rings. The summed E-state index contributed by atoms with van der Waals surface area (Å²) in [6.45, 7) is 3.96. The van der Waals surface area contributed by atoms with Crippen LogP contribution < -0.4 is 10.3 Å². The molecule has 0 radical (unpaired) electrons. The summed E-state index contributed by atoms with van der Waals surface area (Å²) >= 11 is 1.48. The minimum atomic E-state index is -0.304. The van der Waals surface area contributed by atoms with Crippen LogP contribution in [0.2, 0.25) is 0 Å². The number of aromatic amines is 1. The van der Waals surface area contributed by atoms with E-state index in [1.165, 1.54) is 17.4 Å². The average Bonchev–Trinajstić information content (AvgIpc) is 3.00. The first-order valence-electron chi connectivity index (χ1n) is 8.88. The van der Waals surface area contributed by atoms with E-state index < -0.39 is 0 Å². The monoisotopic (exact) mass is 394 g/mol. The highest BCUT2D eigenvalue weighted by molar-refractivity contribution is 7.19. The molecule has 1 N–H and O–H groups in total. The molecule has 6 heteroatoms. The Morgan fingerprint density at radius 2 is 1.96 bits per heavy atom. The molecule has 2 heterocycles. The van der Waals surface area contributed by atoms with Crippen LogP contribution in [0.3, 0.4) is 0 Å². The molecule has 4 nitrogen and oxygen atoms in total. The molecule has 2 aromatic heterocycles. The van der Waals surface area contributed by atoms with E-state index in [0.717, 1.165) is 27.3 Å². The van der Waals surface area contributed by atoms with Crippen LogP contribution in [0.5, 0.6) is 5.75 Å². The second kappa shape index (κ2) is 7.20. The van der Waals surface area contributed by atoms with Gasteiger partial charge in [-0.25, -0.2) is 9.37 Å². The Morgan fingerprint density at radius 3 is 2.68 bits per heavy atom. The maximum atomic E-state index is 14.0. The van der Waals surface area contributed by atoms with Crippen molar-refractivity contribution < 1.29 is 9.13 Å². The van der Waals surface area contributed by atoms with Crippen molar-refractivity contribution in [2.45, 2.75) is 20.3 Å². The lowest BCUT2D eigenvalue weighted by molar-refractivity contribution is 0.412. The lowest BCUT2D eigenvalue weighted by Gasteiger charge is -2.08. The van der Waals surface area contributed by atoms with Crippen LogP contribution in [-0.4, -0.2) is 17.1 Å². The number of thiophene rings is 1.